The van der Waals surface area contributed by atoms with Gasteiger partial charge < -0.3 is 10.2 Å². The lowest BCUT2D eigenvalue weighted by Gasteiger charge is -2.21. The van der Waals surface area contributed by atoms with Crippen LogP contribution in [0.5, 0.6) is 0 Å². The summed E-state index contributed by atoms with van der Waals surface area (Å²) in [6.07, 6.45) is 5.24. The molecule has 0 saturated heterocycles. The Morgan fingerprint density at radius 3 is 2.54 bits per heavy atom. The predicted molar refractivity (Wildman–Crippen MR) is 99.5 cm³/mol. The number of nitrogens with one attached hydrogen (secondary N) is 1. The Hall–Kier alpha value is -2.07. The number of aromatic nitrogens is 1. The molecule has 1 amide bonds. The van der Waals surface area contributed by atoms with Gasteiger partial charge in [-0.1, -0.05) is 43.6 Å². The minimum absolute atomic E-state index is 0.0348. The number of carbonyl (C=O) groups excluding carboxylic acids is 1. The molecule has 0 unspecified atom stereocenters. The molecule has 1 heterocycles. The van der Waals surface area contributed by atoms with Crippen LogP contribution in [0.4, 0.5) is 5.69 Å². The molecule has 1 aromatic heterocycles. The highest BCUT2D eigenvalue weighted by molar-refractivity contribution is 6.31. The second-order valence-electron chi connectivity index (χ2n) is 5.70. The van der Waals surface area contributed by atoms with Crippen molar-refractivity contribution >= 4 is 23.2 Å². The van der Waals surface area contributed by atoms with E-state index in [0.717, 1.165) is 42.2 Å². The highest BCUT2D eigenvalue weighted by Gasteiger charge is 2.15. The highest BCUT2D eigenvalue weighted by Crippen LogP contribution is 2.17. The fraction of sp³-hybridized carbons (Fsp3) is 0.368. The van der Waals surface area contributed by atoms with E-state index in [1.165, 1.54) is 0 Å². The summed E-state index contributed by atoms with van der Waals surface area (Å²) in [7, 11) is 0. The number of carbonyl (C=O) groups is 1. The summed E-state index contributed by atoms with van der Waals surface area (Å²) in [6, 6.07) is 9.55. The van der Waals surface area contributed by atoms with Crippen molar-refractivity contribution in [3.63, 3.8) is 0 Å². The summed E-state index contributed by atoms with van der Waals surface area (Å²) in [4.78, 5) is 18.7. The van der Waals surface area contributed by atoms with Gasteiger partial charge in [0, 0.05) is 37.1 Å². The fourth-order valence-electron chi connectivity index (χ4n) is 2.53. The van der Waals surface area contributed by atoms with E-state index >= 15 is 0 Å². The first-order valence-corrected chi connectivity index (χ1v) is 8.75. The fourth-order valence-corrected chi connectivity index (χ4v) is 2.73. The van der Waals surface area contributed by atoms with Crippen molar-refractivity contribution in [3.8, 4) is 0 Å². The van der Waals surface area contributed by atoms with Gasteiger partial charge in [-0.25, -0.2) is 0 Å². The molecule has 0 bridgehead atoms. The third-order valence-electron chi connectivity index (χ3n) is 3.70. The molecule has 0 fully saturated rings. The van der Waals surface area contributed by atoms with Crippen LogP contribution >= 0.6 is 11.6 Å². The molecular weight excluding hydrogens is 322 g/mol. The predicted octanol–water partition coefficient (Wildman–Crippen LogP) is 4.61. The van der Waals surface area contributed by atoms with E-state index in [1.807, 2.05) is 35.2 Å². The summed E-state index contributed by atoms with van der Waals surface area (Å²) in [5.74, 6) is 0.0348. The van der Waals surface area contributed by atoms with Crippen LogP contribution < -0.4 is 5.32 Å². The Morgan fingerprint density at radius 1 is 1.17 bits per heavy atom. The Kier molecular flexibility index (Phi) is 7.07. The van der Waals surface area contributed by atoms with Crippen molar-refractivity contribution in [2.75, 3.05) is 18.4 Å². The van der Waals surface area contributed by atoms with E-state index in [1.54, 1.807) is 12.4 Å². The second kappa shape index (κ2) is 9.28. The minimum atomic E-state index is 0.0348. The van der Waals surface area contributed by atoms with Gasteiger partial charge in [-0.2, -0.15) is 0 Å². The number of nitrogens with zero attached hydrogens (tertiary/aromatic N) is 2. The number of benzene rings is 1. The molecule has 0 atom stereocenters. The van der Waals surface area contributed by atoms with Gasteiger partial charge in [0.2, 0.25) is 0 Å². The molecule has 0 saturated carbocycles. The van der Waals surface area contributed by atoms with E-state index in [4.69, 9.17) is 11.6 Å². The molecule has 0 aliphatic carbocycles. The molecule has 2 rings (SSSR count). The number of rotatable bonds is 8. The first kappa shape index (κ1) is 18.3. The third-order valence-corrected chi connectivity index (χ3v) is 4.07. The van der Waals surface area contributed by atoms with Crippen molar-refractivity contribution in [2.45, 2.75) is 33.2 Å². The first-order chi connectivity index (χ1) is 11.7. The lowest BCUT2D eigenvalue weighted by Crippen LogP contribution is -2.32. The second-order valence-corrected chi connectivity index (χ2v) is 6.11. The molecule has 1 N–H and O–H groups in total. The molecule has 0 spiro atoms. The maximum atomic E-state index is 12.6. The molecule has 0 aliphatic rings. The highest BCUT2D eigenvalue weighted by atomic mass is 35.5. The first-order valence-electron chi connectivity index (χ1n) is 8.37. The van der Waals surface area contributed by atoms with E-state index in [9.17, 15) is 4.79 Å². The summed E-state index contributed by atoms with van der Waals surface area (Å²) < 4.78 is 0. The van der Waals surface area contributed by atoms with Crippen molar-refractivity contribution in [2.24, 2.45) is 0 Å². The van der Waals surface area contributed by atoms with E-state index < -0.39 is 0 Å². The van der Waals surface area contributed by atoms with Crippen LogP contribution in [0.25, 0.3) is 0 Å². The number of pyridine rings is 1. The molecule has 4 nitrogen and oxygen atoms in total. The quantitative estimate of drug-likeness (QED) is 0.759. The molecule has 128 valence electrons. The normalized spacial score (nSPS) is 10.5. The Bertz CT molecular complexity index is 669. The topological polar surface area (TPSA) is 45.2 Å². The van der Waals surface area contributed by atoms with Gasteiger partial charge in [-0.3, -0.25) is 9.78 Å². The zero-order valence-electron chi connectivity index (χ0n) is 14.3. The van der Waals surface area contributed by atoms with Crippen LogP contribution in [0.2, 0.25) is 5.02 Å². The summed E-state index contributed by atoms with van der Waals surface area (Å²) in [5, 5.41) is 4.01. The molecular formula is C19H24ClN3O. The van der Waals surface area contributed by atoms with Crippen molar-refractivity contribution < 1.29 is 4.79 Å². The standard InChI is InChI=1S/C19H24ClN3O/c1-3-9-23(10-4-2)19(24)16-11-17(14-21-12-16)22-13-15-7-5-6-8-18(15)20/h5-8,11-12,14,22H,3-4,9-10,13H2,1-2H3. The summed E-state index contributed by atoms with van der Waals surface area (Å²) in [6.45, 7) is 6.28. The lowest BCUT2D eigenvalue weighted by molar-refractivity contribution is 0.0755. The number of hydrogen-bond donors (Lipinski definition) is 1. The average molecular weight is 346 g/mol. The van der Waals surface area contributed by atoms with Crippen molar-refractivity contribution in [1.82, 2.24) is 9.88 Å². The van der Waals surface area contributed by atoms with Gasteiger partial charge in [0.15, 0.2) is 0 Å². The summed E-state index contributed by atoms with van der Waals surface area (Å²) >= 11 is 6.17. The number of anilines is 1. The van der Waals surface area contributed by atoms with Gasteiger partial charge in [-0.05, 0) is 30.5 Å². The monoisotopic (exact) mass is 345 g/mol. The zero-order valence-corrected chi connectivity index (χ0v) is 15.0. The van der Waals surface area contributed by atoms with Gasteiger partial charge in [0.1, 0.15) is 0 Å². The van der Waals surface area contributed by atoms with Crippen molar-refractivity contribution in [1.29, 1.82) is 0 Å². The average Bonchev–Trinajstić information content (AvgIpc) is 2.60. The van der Waals surface area contributed by atoms with Crippen LogP contribution in [-0.4, -0.2) is 28.9 Å². The molecule has 2 aromatic rings. The Labute approximate surface area is 148 Å². The summed E-state index contributed by atoms with van der Waals surface area (Å²) in [5.41, 5.74) is 2.43. The lowest BCUT2D eigenvalue weighted by atomic mass is 10.2. The molecule has 0 radical (unpaired) electrons. The van der Waals surface area contributed by atoms with E-state index in [-0.39, 0.29) is 5.91 Å². The van der Waals surface area contributed by atoms with Crippen LogP contribution in [-0.2, 0) is 6.54 Å². The van der Waals surface area contributed by atoms with Gasteiger partial charge >= 0.3 is 0 Å². The van der Waals surface area contributed by atoms with Crippen LogP contribution in [0.1, 0.15) is 42.6 Å². The molecule has 24 heavy (non-hydrogen) atoms. The molecule has 5 heteroatoms. The number of halogens is 1. The maximum absolute atomic E-state index is 12.6. The SMILES string of the molecule is CCCN(CCC)C(=O)c1cncc(NCc2ccccc2Cl)c1. The van der Waals surface area contributed by atoms with Gasteiger partial charge in [-0.15, -0.1) is 0 Å². The minimum Gasteiger partial charge on any atom is -0.380 e. The Balaban J connectivity index is 2.07. The smallest absolute Gasteiger partial charge is 0.255 e. The third kappa shape index (κ3) is 4.96. The van der Waals surface area contributed by atoms with Gasteiger partial charge in [0.05, 0.1) is 11.3 Å². The van der Waals surface area contributed by atoms with E-state index in [0.29, 0.717) is 12.1 Å². The van der Waals surface area contributed by atoms with Crippen molar-refractivity contribution in [3.05, 3.63) is 58.9 Å². The van der Waals surface area contributed by atoms with Crippen LogP contribution in [0, 0.1) is 0 Å². The zero-order chi connectivity index (χ0) is 17.4. The van der Waals surface area contributed by atoms with E-state index in [2.05, 4.69) is 24.1 Å². The molecule has 1 aromatic carbocycles. The largest absolute Gasteiger partial charge is 0.380 e. The van der Waals surface area contributed by atoms with Crippen LogP contribution in [0.3, 0.4) is 0 Å². The Morgan fingerprint density at radius 2 is 1.88 bits per heavy atom. The van der Waals surface area contributed by atoms with Gasteiger partial charge in [0.25, 0.3) is 5.91 Å². The maximum Gasteiger partial charge on any atom is 0.255 e. The molecule has 0 aliphatic heterocycles. The number of amides is 1. The number of hydrogen-bond acceptors (Lipinski definition) is 3. The van der Waals surface area contributed by atoms with Crippen LogP contribution in [0.15, 0.2) is 42.7 Å².